The zero-order chi connectivity index (χ0) is 16.1. The smallest absolute Gasteiger partial charge is 0.423 e. The van der Waals surface area contributed by atoms with Crippen molar-refractivity contribution in [1.82, 2.24) is 5.16 Å². The molecule has 4 N–H and O–H groups in total. The predicted molar refractivity (Wildman–Crippen MR) is 68.6 cm³/mol. The number of aromatic nitrogens is 1. The minimum Gasteiger partial charge on any atom is -0.480 e. The maximum Gasteiger partial charge on any atom is 0.423 e. The van der Waals surface area contributed by atoms with Crippen LogP contribution < -0.4 is 5.73 Å². The molecular formula is C11H15F3N2O4S. The molecule has 0 saturated carbocycles. The van der Waals surface area contributed by atoms with Crippen molar-refractivity contribution in [2.45, 2.75) is 30.7 Å². The van der Waals surface area contributed by atoms with Gasteiger partial charge < -0.3 is 20.5 Å². The Morgan fingerprint density at radius 3 is 2.62 bits per heavy atom. The summed E-state index contributed by atoms with van der Waals surface area (Å²) in [4.78, 5) is 10.5. The van der Waals surface area contributed by atoms with Crippen LogP contribution in [0.15, 0.2) is 16.9 Å². The van der Waals surface area contributed by atoms with E-state index in [-0.39, 0.29) is 17.9 Å². The maximum atomic E-state index is 13.0. The molecule has 0 aromatic carbocycles. The lowest BCUT2D eigenvalue weighted by atomic mass is 9.96. The van der Waals surface area contributed by atoms with Gasteiger partial charge in [-0.1, -0.05) is 5.16 Å². The fraction of sp³-hybridized carbons (Fsp3) is 0.636. The fourth-order valence-electron chi connectivity index (χ4n) is 1.50. The van der Waals surface area contributed by atoms with Crippen molar-refractivity contribution >= 4 is 17.7 Å². The highest BCUT2D eigenvalue weighted by Gasteiger charge is 2.56. The van der Waals surface area contributed by atoms with Gasteiger partial charge in [0, 0.05) is 12.5 Å². The van der Waals surface area contributed by atoms with Gasteiger partial charge in [-0.25, -0.2) is 0 Å². The van der Waals surface area contributed by atoms with Gasteiger partial charge in [-0.3, -0.25) is 4.79 Å². The Kier molecular flexibility index (Phi) is 6.05. The van der Waals surface area contributed by atoms with Gasteiger partial charge in [-0.2, -0.15) is 24.9 Å². The molecule has 0 amide bonds. The van der Waals surface area contributed by atoms with Gasteiger partial charge in [0.2, 0.25) is 5.60 Å². The van der Waals surface area contributed by atoms with Gasteiger partial charge in [0.1, 0.15) is 18.0 Å². The molecule has 0 fully saturated rings. The number of aliphatic carboxylic acids is 1. The number of alkyl halides is 3. The zero-order valence-corrected chi connectivity index (χ0v) is 11.7. The number of rotatable bonds is 8. The standard InChI is InChI=1S/C11H15F3N2O4S/c12-11(13,14)10(19,8-1-4-20-16-8)3-6-21-5-2-7(15)9(17)18/h1,4,7,19H,2-3,5-6,15H2,(H,17,18). The lowest BCUT2D eigenvalue weighted by Gasteiger charge is -2.28. The van der Waals surface area contributed by atoms with Crippen LogP contribution in [0, 0.1) is 0 Å². The van der Waals surface area contributed by atoms with E-state index in [1.54, 1.807) is 0 Å². The van der Waals surface area contributed by atoms with E-state index in [1.165, 1.54) is 0 Å². The first-order chi connectivity index (χ1) is 9.68. The van der Waals surface area contributed by atoms with E-state index in [4.69, 9.17) is 10.8 Å². The monoisotopic (exact) mass is 328 g/mol. The first-order valence-corrected chi connectivity index (χ1v) is 7.10. The summed E-state index contributed by atoms with van der Waals surface area (Å²) in [6.45, 7) is 0. The van der Waals surface area contributed by atoms with Crippen molar-refractivity contribution in [1.29, 1.82) is 0 Å². The Labute approximate surface area is 122 Å². The highest BCUT2D eigenvalue weighted by Crippen LogP contribution is 2.41. The fourth-order valence-corrected chi connectivity index (χ4v) is 2.56. The van der Waals surface area contributed by atoms with E-state index >= 15 is 0 Å². The second kappa shape index (κ2) is 7.14. The average molecular weight is 328 g/mol. The molecule has 10 heteroatoms. The molecule has 2 unspecified atom stereocenters. The van der Waals surface area contributed by atoms with Crippen LogP contribution in [-0.2, 0) is 10.4 Å². The topological polar surface area (TPSA) is 110 Å². The van der Waals surface area contributed by atoms with Crippen LogP contribution >= 0.6 is 11.8 Å². The van der Waals surface area contributed by atoms with Crippen LogP contribution in [0.1, 0.15) is 18.5 Å². The van der Waals surface area contributed by atoms with Crippen LogP contribution in [0.25, 0.3) is 0 Å². The maximum absolute atomic E-state index is 13.0. The Bertz CT molecular complexity index is 455. The number of nitrogens with zero attached hydrogens (tertiary/aromatic N) is 1. The van der Waals surface area contributed by atoms with Gasteiger partial charge in [0.05, 0.1) is 0 Å². The van der Waals surface area contributed by atoms with Crippen LogP contribution in [0.2, 0.25) is 0 Å². The van der Waals surface area contributed by atoms with Crippen molar-refractivity contribution in [2.24, 2.45) is 5.73 Å². The SMILES string of the molecule is NC(CCSCCC(O)(c1ccon1)C(F)(F)F)C(=O)O. The molecule has 1 aromatic rings. The molecule has 0 aliphatic rings. The highest BCUT2D eigenvalue weighted by molar-refractivity contribution is 7.99. The molecule has 0 bridgehead atoms. The number of aliphatic hydroxyl groups is 1. The molecule has 1 aromatic heterocycles. The van der Waals surface area contributed by atoms with E-state index < -0.39 is 35.9 Å². The van der Waals surface area contributed by atoms with Crippen molar-refractivity contribution in [2.75, 3.05) is 11.5 Å². The Balaban J connectivity index is 2.51. The summed E-state index contributed by atoms with van der Waals surface area (Å²) in [6.07, 6.45) is -4.42. The number of hydrogen-bond donors (Lipinski definition) is 3. The third-order valence-corrected chi connectivity index (χ3v) is 3.85. The predicted octanol–water partition coefficient (Wildman–Crippen LogP) is 1.35. The van der Waals surface area contributed by atoms with Gasteiger partial charge in [-0.05, 0) is 17.9 Å². The van der Waals surface area contributed by atoms with Crippen LogP contribution in [0.4, 0.5) is 13.2 Å². The van der Waals surface area contributed by atoms with Crippen molar-refractivity contribution < 1.29 is 32.7 Å². The van der Waals surface area contributed by atoms with E-state index in [9.17, 15) is 23.1 Å². The number of halogens is 3. The first kappa shape index (κ1) is 17.8. The van der Waals surface area contributed by atoms with E-state index in [1.807, 2.05) is 0 Å². The molecule has 120 valence electrons. The first-order valence-electron chi connectivity index (χ1n) is 5.94. The summed E-state index contributed by atoms with van der Waals surface area (Å²) >= 11 is 1.08. The number of nitrogens with two attached hydrogens (primary N) is 1. The van der Waals surface area contributed by atoms with Crippen LogP contribution in [0.3, 0.4) is 0 Å². The summed E-state index contributed by atoms with van der Waals surface area (Å²) < 4.78 is 43.3. The molecule has 1 heterocycles. The van der Waals surface area contributed by atoms with Gasteiger partial charge >= 0.3 is 12.1 Å². The second-order valence-electron chi connectivity index (χ2n) is 4.34. The lowest BCUT2D eigenvalue weighted by molar-refractivity contribution is -0.269. The summed E-state index contributed by atoms with van der Waals surface area (Å²) in [5.41, 5.74) is 1.59. The summed E-state index contributed by atoms with van der Waals surface area (Å²) in [6, 6.07) is -0.0899. The number of hydrogen-bond acceptors (Lipinski definition) is 6. The van der Waals surface area contributed by atoms with Gasteiger partial charge in [-0.15, -0.1) is 0 Å². The Morgan fingerprint density at radius 1 is 1.48 bits per heavy atom. The number of carboxylic acid groups (broad SMARTS) is 1. The van der Waals surface area contributed by atoms with Crippen molar-refractivity contribution in [3.8, 4) is 0 Å². The Morgan fingerprint density at radius 2 is 2.14 bits per heavy atom. The summed E-state index contributed by atoms with van der Waals surface area (Å²) in [5.74, 6) is -0.917. The molecule has 6 nitrogen and oxygen atoms in total. The summed E-state index contributed by atoms with van der Waals surface area (Å²) in [5, 5.41) is 21.5. The molecule has 0 saturated heterocycles. The quantitative estimate of drug-likeness (QED) is 0.618. The van der Waals surface area contributed by atoms with E-state index in [0.717, 1.165) is 24.1 Å². The minimum absolute atomic E-state index is 0.0325. The molecule has 0 aliphatic carbocycles. The molecule has 0 spiro atoms. The van der Waals surface area contributed by atoms with Crippen LogP contribution in [0.5, 0.6) is 0 Å². The Hall–Kier alpha value is -1.26. The minimum atomic E-state index is -4.89. The van der Waals surface area contributed by atoms with Gasteiger partial charge in [0.15, 0.2) is 0 Å². The van der Waals surface area contributed by atoms with Crippen LogP contribution in [-0.4, -0.2) is 45.1 Å². The number of thioether (sulfide) groups is 1. The van der Waals surface area contributed by atoms with Crippen molar-refractivity contribution in [3.05, 3.63) is 18.0 Å². The largest absolute Gasteiger partial charge is 0.480 e. The summed E-state index contributed by atoms with van der Waals surface area (Å²) in [7, 11) is 0. The highest BCUT2D eigenvalue weighted by atomic mass is 32.2. The normalized spacial score (nSPS) is 16.4. The molecule has 0 aliphatic heterocycles. The lowest BCUT2D eigenvalue weighted by Crippen LogP contribution is -2.43. The molecular weight excluding hydrogens is 313 g/mol. The number of carboxylic acids is 1. The molecule has 0 radical (unpaired) electrons. The van der Waals surface area contributed by atoms with Gasteiger partial charge in [0.25, 0.3) is 0 Å². The van der Waals surface area contributed by atoms with E-state index in [0.29, 0.717) is 0 Å². The zero-order valence-electron chi connectivity index (χ0n) is 10.8. The molecule has 21 heavy (non-hydrogen) atoms. The molecule has 2 atom stereocenters. The number of carbonyl (C=O) groups is 1. The molecule has 1 rings (SSSR count). The third kappa shape index (κ3) is 4.61. The third-order valence-electron chi connectivity index (χ3n) is 2.83. The van der Waals surface area contributed by atoms with Crippen molar-refractivity contribution in [3.63, 3.8) is 0 Å². The second-order valence-corrected chi connectivity index (χ2v) is 5.56. The van der Waals surface area contributed by atoms with E-state index in [2.05, 4.69) is 9.68 Å². The average Bonchev–Trinajstić information content (AvgIpc) is 2.90.